The number of H-pyrrole nitrogens is 1. The molecule has 4 aromatic rings. The van der Waals surface area contributed by atoms with Crippen LogP contribution in [-0.4, -0.2) is 72.2 Å². The average molecular weight is 596 g/mol. The molecule has 0 bridgehead atoms. The zero-order valence-electron chi connectivity index (χ0n) is 23.1. The van der Waals surface area contributed by atoms with Crippen molar-refractivity contribution >= 4 is 49.7 Å². The highest BCUT2D eigenvalue weighted by Gasteiger charge is 2.43. The van der Waals surface area contributed by atoms with E-state index in [9.17, 15) is 22.4 Å². The summed E-state index contributed by atoms with van der Waals surface area (Å²) in [7, 11) is -0.321. The van der Waals surface area contributed by atoms with Crippen LogP contribution in [0.25, 0.3) is 22.0 Å². The molecule has 1 amide bonds. The van der Waals surface area contributed by atoms with Crippen LogP contribution in [0.3, 0.4) is 0 Å². The zero-order chi connectivity index (χ0) is 29.7. The van der Waals surface area contributed by atoms with Gasteiger partial charge in [-0.2, -0.15) is 0 Å². The van der Waals surface area contributed by atoms with Gasteiger partial charge in [-0.1, -0.05) is 0 Å². The molecular formula is C28H27F2N7O4S. The minimum atomic E-state index is -3.79. The van der Waals surface area contributed by atoms with E-state index in [2.05, 4.69) is 9.97 Å². The molecule has 1 N–H and O–H groups in total. The summed E-state index contributed by atoms with van der Waals surface area (Å²) in [4.78, 5) is 37.9. The predicted octanol–water partition coefficient (Wildman–Crippen LogP) is 2.68. The third-order valence-corrected chi connectivity index (χ3v) is 10.5. The first kappa shape index (κ1) is 26.6. The number of carbonyl (C=O) groups excluding carboxylic acids is 1. The van der Waals surface area contributed by atoms with Crippen molar-refractivity contribution in [2.75, 3.05) is 47.3 Å². The number of aromatic nitrogens is 3. The fraction of sp³-hybridized carbons (Fsp3) is 0.321. The summed E-state index contributed by atoms with van der Waals surface area (Å²) in [5.41, 5.74) is 2.97. The summed E-state index contributed by atoms with van der Waals surface area (Å²) in [5.74, 6) is -2.16. The molecule has 0 spiro atoms. The Morgan fingerprint density at radius 2 is 1.81 bits per heavy atom. The number of aromatic amines is 1. The molecule has 0 unspecified atom stereocenters. The molecule has 0 radical (unpaired) electrons. The summed E-state index contributed by atoms with van der Waals surface area (Å²) in [5, 5.41) is 0.0196. The number of hydrogen-bond donors (Lipinski definition) is 1. The molecule has 218 valence electrons. The number of anilines is 4. The highest BCUT2D eigenvalue weighted by atomic mass is 32.2. The van der Waals surface area contributed by atoms with E-state index >= 15 is 4.39 Å². The maximum atomic E-state index is 15.3. The van der Waals surface area contributed by atoms with Crippen molar-refractivity contribution < 1.29 is 22.0 Å². The first-order valence-electron chi connectivity index (χ1n) is 13.4. The highest BCUT2D eigenvalue weighted by molar-refractivity contribution is 7.93. The van der Waals surface area contributed by atoms with Gasteiger partial charge in [0.25, 0.3) is 5.56 Å². The van der Waals surface area contributed by atoms with Crippen LogP contribution in [0.4, 0.5) is 31.7 Å². The molecule has 0 saturated carbocycles. The normalized spacial score (nSPS) is 17.2. The minimum absolute atomic E-state index is 0.0675. The van der Waals surface area contributed by atoms with Crippen LogP contribution in [0.15, 0.2) is 41.6 Å². The molecular weight excluding hydrogens is 568 g/mol. The Labute approximate surface area is 239 Å². The molecule has 11 nitrogen and oxygen atoms in total. The van der Waals surface area contributed by atoms with Gasteiger partial charge in [0.1, 0.15) is 16.6 Å². The van der Waals surface area contributed by atoms with Crippen LogP contribution in [0.2, 0.25) is 0 Å². The van der Waals surface area contributed by atoms with Crippen molar-refractivity contribution in [1.82, 2.24) is 19.4 Å². The SMILES string of the molecule is CC(=O)N1CCN(S(=O)(=O)C2CN(C)C2)c2cc3c(cc21)N(c1ncc(F)cc1F)Cc1c[nH]c2c(=O)n(C)cc-3c12. The van der Waals surface area contributed by atoms with Crippen LogP contribution in [0.1, 0.15) is 12.5 Å². The largest absolute Gasteiger partial charge is 0.356 e. The van der Waals surface area contributed by atoms with Gasteiger partial charge in [-0.15, -0.1) is 0 Å². The fourth-order valence-electron chi connectivity index (χ4n) is 6.27. The lowest BCUT2D eigenvalue weighted by Crippen LogP contribution is -2.58. The van der Waals surface area contributed by atoms with E-state index < -0.39 is 26.9 Å². The van der Waals surface area contributed by atoms with Gasteiger partial charge in [0, 0.05) is 68.6 Å². The van der Waals surface area contributed by atoms with Crippen molar-refractivity contribution in [3.63, 3.8) is 0 Å². The van der Waals surface area contributed by atoms with Gasteiger partial charge in [0.15, 0.2) is 11.6 Å². The van der Waals surface area contributed by atoms with E-state index in [0.29, 0.717) is 57.7 Å². The van der Waals surface area contributed by atoms with Crippen LogP contribution in [0.5, 0.6) is 0 Å². The molecule has 14 heteroatoms. The summed E-state index contributed by atoms with van der Waals surface area (Å²) in [6, 6.07) is 4.10. The van der Waals surface area contributed by atoms with E-state index in [-0.39, 0.29) is 36.9 Å². The Kier molecular flexibility index (Phi) is 5.76. The number of nitrogens with one attached hydrogen (secondary N) is 1. The second-order valence-corrected chi connectivity index (χ2v) is 13.2. The number of rotatable bonds is 3. The van der Waals surface area contributed by atoms with Gasteiger partial charge in [-0.25, -0.2) is 22.2 Å². The molecule has 3 aliphatic rings. The minimum Gasteiger partial charge on any atom is -0.356 e. The van der Waals surface area contributed by atoms with Crippen LogP contribution < -0.4 is 19.7 Å². The number of pyridine rings is 2. The Morgan fingerprint density at radius 3 is 2.50 bits per heavy atom. The molecule has 1 fully saturated rings. The van der Waals surface area contributed by atoms with Crippen LogP contribution >= 0.6 is 0 Å². The molecule has 3 aliphatic heterocycles. The first-order chi connectivity index (χ1) is 20.0. The third-order valence-electron chi connectivity index (χ3n) is 8.36. The summed E-state index contributed by atoms with van der Waals surface area (Å²) in [6.07, 6.45) is 4.25. The summed E-state index contributed by atoms with van der Waals surface area (Å²) < 4.78 is 59.7. The first-order valence-corrected chi connectivity index (χ1v) is 14.9. The van der Waals surface area contributed by atoms with E-state index in [0.717, 1.165) is 12.3 Å². The number of likely N-dealkylation sites (tertiary alicyclic amines) is 1. The molecule has 1 aromatic carbocycles. The summed E-state index contributed by atoms with van der Waals surface area (Å²) in [6.45, 7) is 2.47. The number of fused-ring (bicyclic) bond motifs is 3. The Morgan fingerprint density at radius 1 is 1.05 bits per heavy atom. The zero-order valence-corrected chi connectivity index (χ0v) is 23.9. The van der Waals surface area contributed by atoms with Crippen LogP contribution in [0, 0.1) is 11.6 Å². The Hall–Kier alpha value is -4.30. The Balaban J connectivity index is 1.54. The Bertz CT molecular complexity index is 1980. The van der Waals surface area contributed by atoms with Crippen molar-refractivity contribution in [3.05, 3.63) is 64.3 Å². The molecule has 6 heterocycles. The second-order valence-electron chi connectivity index (χ2n) is 11.1. The van der Waals surface area contributed by atoms with E-state index in [4.69, 9.17) is 0 Å². The smallest absolute Gasteiger partial charge is 0.274 e. The molecule has 7 rings (SSSR count). The van der Waals surface area contributed by atoms with E-state index in [1.54, 1.807) is 36.5 Å². The van der Waals surface area contributed by atoms with Gasteiger partial charge < -0.3 is 24.3 Å². The highest BCUT2D eigenvalue weighted by Crippen LogP contribution is 2.49. The van der Waals surface area contributed by atoms with Gasteiger partial charge in [0.05, 0.1) is 36.3 Å². The maximum Gasteiger partial charge on any atom is 0.274 e. The van der Waals surface area contributed by atoms with E-state index in [1.165, 1.54) is 20.7 Å². The number of benzene rings is 1. The van der Waals surface area contributed by atoms with Gasteiger partial charge in [-0.05, 0) is 24.7 Å². The number of carbonyl (C=O) groups is 1. The molecule has 3 aromatic heterocycles. The molecule has 0 atom stereocenters. The number of halogens is 2. The predicted molar refractivity (Wildman–Crippen MR) is 155 cm³/mol. The standard InChI is InChI=1S/C28H27F2N7O4S/c1-15(38)35-4-5-37(42(40,41)18-12-33(2)13-18)24-7-19-20-14-34(3)28(39)26-25(20)16(9-31-26)11-36(22(19)8-23(24)35)27-21(30)6-17(29)10-32-27/h6-10,14,18,31H,4-5,11-13H2,1-3H3. The molecule has 1 saturated heterocycles. The maximum absolute atomic E-state index is 15.3. The number of nitrogens with zero attached hydrogens (tertiary/aromatic N) is 6. The van der Waals surface area contributed by atoms with Gasteiger partial charge >= 0.3 is 0 Å². The second kappa shape index (κ2) is 9.10. The lowest BCUT2D eigenvalue weighted by Gasteiger charge is -2.43. The topological polar surface area (TPSA) is 115 Å². The van der Waals surface area contributed by atoms with E-state index in [1.807, 2.05) is 11.9 Å². The molecule has 42 heavy (non-hydrogen) atoms. The summed E-state index contributed by atoms with van der Waals surface area (Å²) >= 11 is 0. The lowest BCUT2D eigenvalue weighted by molar-refractivity contribution is -0.116. The monoisotopic (exact) mass is 595 g/mol. The lowest BCUT2D eigenvalue weighted by atomic mass is 9.98. The number of aryl methyl sites for hydroxylation is 1. The number of amides is 1. The van der Waals surface area contributed by atoms with Crippen molar-refractivity contribution in [3.8, 4) is 11.1 Å². The van der Waals surface area contributed by atoms with Crippen molar-refractivity contribution in [2.24, 2.45) is 7.05 Å². The average Bonchev–Trinajstić information content (AvgIpc) is 3.29. The van der Waals surface area contributed by atoms with Crippen LogP contribution in [-0.2, 0) is 28.4 Å². The fourth-order valence-corrected chi connectivity index (χ4v) is 8.27. The number of hydrogen-bond acceptors (Lipinski definition) is 7. The van der Waals surface area contributed by atoms with Gasteiger partial charge in [-0.3, -0.25) is 13.9 Å². The molecule has 0 aliphatic carbocycles. The van der Waals surface area contributed by atoms with Gasteiger partial charge in [0.2, 0.25) is 15.9 Å². The van der Waals surface area contributed by atoms with Crippen molar-refractivity contribution in [1.29, 1.82) is 0 Å². The van der Waals surface area contributed by atoms with Crippen molar-refractivity contribution in [2.45, 2.75) is 18.7 Å². The quantitative estimate of drug-likeness (QED) is 0.387. The number of sulfonamides is 1. The third kappa shape index (κ3) is 3.78.